The highest BCUT2D eigenvalue weighted by Gasteiger charge is 2.59. The zero-order valence-electron chi connectivity index (χ0n) is 7.67. The van der Waals surface area contributed by atoms with Crippen LogP contribution in [0.4, 0.5) is 0 Å². The Kier molecular flexibility index (Phi) is 1.60. The number of carbonyl (C=O) groups is 1. The van der Waals surface area contributed by atoms with Crippen molar-refractivity contribution in [2.45, 2.75) is 31.3 Å². The SMILES string of the molecule is O=C1CCOC2(C1)CC1(CSC1)C2. The minimum Gasteiger partial charge on any atom is -0.374 e. The first kappa shape index (κ1) is 8.30. The topological polar surface area (TPSA) is 26.3 Å². The number of rotatable bonds is 0. The van der Waals surface area contributed by atoms with Gasteiger partial charge in [-0.2, -0.15) is 11.8 Å². The second-order valence-electron chi connectivity index (χ2n) is 4.84. The molecule has 0 radical (unpaired) electrons. The number of thioether (sulfide) groups is 1. The Labute approximate surface area is 82.4 Å². The summed E-state index contributed by atoms with van der Waals surface area (Å²) in [4.78, 5) is 11.3. The lowest BCUT2D eigenvalue weighted by molar-refractivity contribution is -0.183. The van der Waals surface area contributed by atoms with Crippen LogP contribution < -0.4 is 0 Å². The molecule has 2 heterocycles. The van der Waals surface area contributed by atoms with Crippen LogP contribution in [-0.4, -0.2) is 29.5 Å². The first-order valence-electron chi connectivity index (χ1n) is 4.96. The molecule has 0 aromatic carbocycles. The van der Waals surface area contributed by atoms with Gasteiger partial charge in [-0.15, -0.1) is 0 Å². The van der Waals surface area contributed by atoms with Crippen LogP contribution in [-0.2, 0) is 9.53 Å². The fourth-order valence-corrected chi connectivity index (χ4v) is 4.21. The summed E-state index contributed by atoms with van der Waals surface area (Å²) in [6, 6.07) is 0. The third-order valence-electron chi connectivity index (χ3n) is 3.52. The molecule has 0 unspecified atom stereocenters. The quantitative estimate of drug-likeness (QED) is 0.592. The average Bonchev–Trinajstić information content (AvgIpc) is 1.96. The molecule has 1 saturated carbocycles. The van der Waals surface area contributed by atoms with Gasteiger partial charge in [0, 0.05) is 12.8 Å². The molecule has 3 aliphatic rings. The second kappa shape index (κ2) is 2.51. The van der Waals surface area contributed by atoms with E-state index in [-0.39, 0.29) is 5.60 Å². The summed E-state index contributed by atoms with van der Waals surface area (Å²) in [6.45, 7) is 0.669. The average molecular weight is 198 g/mol. The number of hydrogen-bond acceptors (Lipinski definition) is 3. The molecule has 0 aromatic rings. The van der Waals surface area contributed by atoms with Crippen LogP contribution in [0.2, 0.25) is 0 Å². The maximum absolute atomic E-state index is 11.3. The molecule has 13 heavy (non-hydrogen) atoms. The van der Waals surface area contributed by atoms with E-state index >= 15 is 0 Å². The van der Waals surface area contributed by atoms with Gasteiger partial charge in [-0.25, -0.2) is 0 Å². The summed E-state index contributed by atoms with van der Waals surface area (Å²) in [7, 11) is 0. The highest BCUT2D eigenvalue weighted by molar-refractivity contribution is 8.00. The van der Waals surface area contributed by atoms with Gasteiger partial charge in [0.25, 0.3) is 0 Å². The molecule has 2 nitrogen and oxygen atoms in total. The Morgan fingerprint density at radius 2 is 2.08 bits per heavy atom. The molecule has 1 aliphatic carbocycles. The highest BCUT2D eigenvalue weighted by atomic mass is 32.2. The number of hydrogen-bond donors (Lipinski definition) is 0. The molecule has 0 atom stereocenters. The van der Waals surface area contributed by atoms with Gasteiger partial charge in [0.1, 0.15) is 5.78 Å². The third-order valence-corrected chi connectivity index (χ3v) is 5.15. The number of carbonyl (C=O) groups excluding carboxylic acids is 1. The highest BCUT2D eigenvalue weighted by Crippen LogP contribution is 2.61. The first-order chi connectivity index (χ1) is 6.22. The maximum atomic E-state index is 11.3. The van der Waals surface area contributed by atoms with E-state index in [4.69, 9.17) is 4.74 Å². The molecule has 2 aliphatic heterocycles. The van der Waals surface area contributed by atoms with E-state index in [1.165, 1.54) is 11.5 Å². The summed E-state index contributed by atoms with van der Waals surface area (Å²) >= 11 is 2.03. The van der Waals surface area contributed by atoms with Crippen molar-refractivity contribution in [2.75, 3.05) is 18.1 Å². The van der Waals surface area contributed by atoms with E-state index in [9.17, 15) is 4.79 Å². The minimum atomic E-state index is -0.00366. The minimum absolute atomic E-state index is 0.00366. The van der Waals surface area contributed by atoms with Crippen LogP contribution in [0, 0.1) is 5.41 Å². The van der Waals surface area contributed by atoms with Crippen molar-refractivity contribution >= 4 is 17.5 Å². The van der Waals surface area contributed by atoms with E-state index in [1.54, 1.807) is 0 Å². The second-order valence-corrected chi connectivity index (χ2v) is 5.83. The van der Waals surface area contributed by atoms with Crippen molar-refractivity contribution in [3.63, 3.8) is 0 Å². The van der Waals surface area contributed by atoms with Crippen molar-refractivity contribution in [2.24, 2.45) is 5.41 Å². The van der Waals surface area contributed by atoms with Crippen molar-refractivity contribution in [3.8, 4) is 0 Å². The van der Waals surface area contributed by atoms with E-state index in [0.717, 1.165) is 12.8 Å². The number of ether oxygens (including phenoxy) is 1. The molecule has 0 bridgehead atoms. The third kappa shape index (κ3) is 1.17. The molecule has 0 aromatic heterocycles. The molecule has 2 spiro atoms. The van der Waals surface area contributed by atoms with Gasteiger partial charge in [0.2, 0.25) is 0 Å². The number of ketones is 1. The fraction of sp³-hybridized carbons (Fsp3) is 0.900. The first-order valence-corrected chi connectivity index (χ1v) is 6.11. The predicted octanol–water partition coefficient (Wildman–Crippen LogP) is 1.63. The van der Waals surface area contributed by atoms with Crippen LogP contribution in [0.5, 0.6) is 0 Å². The molecule has 3 heteroatoms. The largest absolute Gasteiger partial charge is 0.374 e. The van der Waals surface area contributed by atoms with Crippen molar-refractivity contribution in [1.82, 2.24) is 0 Å². The smallest absolute Gasteiger partial charge is 0.138 e. The fourth-order valence-electron chi connectivity index (χ4n) is 3.02. The summed E-state index contributed by atoms with van der Waals surface area (Å²) < 4.78 is 5.77. The standard InChI is InChI=1S/C10H14O2S/c11-8-1-2-12-10(3-8)4-9(5-10)6-13-7-9/h1-7H2. The Morgan fingerprint density at radius 3 is 2.62 bits per heavy atom. The molecular weight excluding hydrogens is 184 g/mol. The van der Waals surface area contributed by atoms with Crippen molar-refractivity contribution in [1.29, 1.82) is 0 Å². The van der Waals surface area contributed by atoms with Gasteiger partial charge in [0.15, 0.2) is 0 Å². The van der Waals surface area contributed by atoms with E-state index in [0.29, 0.717) is 30.6 Å². The lowest BCUT2D eigenvalue weighted by Crippen LogP contribution is -2.61. The van der Waals surface area contributed by atoms with E-state index < -0.39 is 0 Å². The normalized spacial score (nSPS) is 34.3. The molecule has 3 rings (SSSR count). The lowest BCUT2D eigenvalue weighted by Gasteiger charge is -2.60. The molecule has 0 N–H and O–H groups in total. The van der Waals surface area contributed by atoms with Crippen LogP contribution in [0.1, 0.15) is 25.7 Å². The number of Topliss-reactive ketones (excluding diaryl/α,β-unsaturated/α-hetero) is 1. The predicted molar refractivity (Wildman–Crippen MR) is 51.9 cm³/mol. The van der Waals surface area contributed by atoms with Crippen LogP contribution >= 0.6 is 11.8 Å². The molecule has 72 valence electrons. The van der Waals surface area contributed by atoms with E-state index in [1.807, 2.05) is 11.8 Å². The molecule has 0 amide bonds. The maximum Gasteiger partial charge on any atom is 0.138 e. The Hall–Kier alpha value is -0.0200. The van der Waals surface area contributed by atoms with Gasteiger partial charge in [-0.05, 0) is 29.8 Å². The Bertz CT molecular complexity index is 250. The van der Waals surface area contributed by atoms with Crippen molar-refractivity contribution in [3.05, 3.63) is 0 Å². The zero-order chi connectivity index (χ0) is 8.94. The van der Waals surface area contributed by atoms with Crippen LogP contribution in [0.25, 0.3) is 0 Å². The molecule has 3 fully saturated rings. The van der Waals surface area contributed by atoms with Crippen LogP contribution in [0.3, 0.4) is 0 Å². The lowest BCUT2D eigenvalue weighted by atomic mass is 9.58. The van der Waals surface area contributed by atoms with Gasteiger partial charge in [0.05, 0.1) is 12.2 Å². The summed E-state index contributed by atoms with van der Waals surface area (Å²) in [5, 5.41) is 0. The van der Waals surface area contributed by atoms with E-state index in [2.05, 4.69) is 0 Å². The summed E-state index contributed by atoms with van der Waals surface area (Å²) in [6.07, 6.45) is 3.64. The van der Waals surface area contributed by atoms with Crippen molar-refractivity contribution < 1.29 is 9.53 Å². The summed E-state index contributed by atoms with van der Waals surface area (Å²) in [5.41, 5.74) is 0.582. The zero-order valence-corrected chi connectivity index (χ0v) is 8.49. The Balaban J connectivity index is 1.68. The summed E-state index contributed by atoms with van der Waals surface area (Å²) in [5.74, 6) is 3.01. The molecule has 2 saturated heterocycles. The monoisotopic (exact) mass is 198 g/mol. The van der Waals surface area contributed by atoms with Gasteiger partial charge >= 0.3 is 0 Å². The van der Waals surface area contributed by atoms with Crippen LogP contribution in [0.15, 0.2) is 0 Å². The van der Waals surface area contributed by atoms with Gasteiger partial charge in [-0.3, -0.25) is 4.79 Å². The van der Waals surface area contributed by atoms with Gasteiger partial charge in [-0.1, -0.05) is 0 Å². The molecular formula is C10H14O2S. The van der Waals surface area contributed by atoms with Gasteiger partial charge < -0.3 is 4.74 Å². The Morgan fingerprint density at radius 1 is 1.31 bits per heavy atom.